The lowest BCUT2D eigenvalue weighted by Gasteiger charge is -2.13. The van der Waals surface area contributed by atoms with Gasteiger partial charge in [-0.3, -0.25) is 9.59 Å². The molecule has 19 heavy (non-hydrogen) atoms. The molecule has 0 saturated heterocycles. The van der Waals surface area contributed by atoms with Crippen molar-refractivity contribution in [2.24, 2.45) is 11.8 Å². The van der Waals surface area contributed by atoms with Gasteiger partial charge < -0.3 is 10.1 Å². The van der Waals surface area contributed by atoms with Crippen molar-refractivity contribution in [3.8, 4) is 5.75 Å². The number of hydrogen-bond donors (Lipinski definition) is 1. The van der Waals surface area contributed by atoms with Crippen molar-refractivity contribution in [1.82, 2.24) is 0 Å². The maximum atomic E-state index is 11.7. The molecule has 4 heteroatoms. The number of nitrogens with one attached hydrogen (secondary N) is 1. The Morgan fingerprint density at radius 1 is 1.11 bits per heavy atom. The third kappa shape index (κ3) is 4.39. The quantitative estimate of drug-likeness (QED) is 0.670. The SMILES string of the molecule is Cc1ccc(OC(=O)C(C)C)cc1NC(=O)C(C)C. The fourth-order valence-corrected chi connectivity index (χ4v) is 1.31. The van der Waals surface area contributed by atoms with Crippen LogP contribution in [0.25, 0.3) is 0 Å². The Hall–Kier alpha value is -1.84. The van der Waals surface area contributed by atoms with Gasteiger partial charge in [0.15, 0.2) is 0 Å². The molecule has 1 aromatic carbocycles. The van der Waals surface area contributed by atoms with Crippen LogP contribution in [0.1, 0.15) is 33.3 Å². The molecule has 1 rings (SSSR count). The molecule has 1 aromatic rings. The maximum absolute atomic E-state index is 11.7. The Labute approximate surface area is 114 Å². The van der Waals surface area contributed by atoms with Crippen LogP contribution in [0, 0.1) is 18.8 Å². The first-order chi connectivity index (χ1) is 8.81. The van der Waals surface area contributed by atoms with Crippen LogP contribution in [0.2, 0.25) is 0 Å². The lowest BCUT2D eigenvalue weighted by atomic mass is 10.1. The number of amides is 1. The third-order valence-corrected chi connectivity index (χ3v) is 2.68. The van der Waals surface area contributed by atoms with E-state index in [0.29, 0.717) is 11.4 Å². The number of esters is 1. The van der Waals surface area contributed by atoms with Gasteiger partial charge in [-0.1, -0.05) is 33.8 Å². The summed E-state index contributed by atoms with van der Waals surface area (Å²) < 4.78 is 5.22. The van der Waals surface area contributed by atoms with Crippen LogP contribution in [0.3, 0.4) is 0 Å². The van der Waals surface area contributed by atoms with E-state index in [9.17, 15) is 9.59 Å². The topological polar surface area (TPSA) is 55.4 Å². The molecule has 0 aliphatic heterocycles. The summed E-state index contributed by atoms with van der Waals surface area (Å²) in [5.41, 5.74) is 1.60. The highest BCUT2D eigenvalue weighted by Crippen LogP contribution is 2.23. The molecule has 1 amide bonds. The van der Waals surface area contributed by atoms with Gasteiger partial charge in [0.25, 0.3) is 0 Å². The molecular formula is C15H21NO3. The van der Waals surface area contributed by atoms with Gasteiger partial charge in [-0.05, 0) is 18.6 Å². The number of aryl methyl sites for hydroxylation is 1. The molecule has 0 heterocycles. The molecule has 0 radical (unpaired) electrons. The van der Waals surface area contributed by atoms with E-state index in [2.05, 4.69) is 5.32 Å². The summed E-state index contributed by atoms with van der Waals surface area (Å²) in [6.45, 7) is 9.10. The van der Waals surface area contributed by atoms with Crippen LogP contribution >= 0.6 is 0 Å². The second kappa shape index (κ2) is 6.36. The van der Waals surface area contributed by atoms with Gasteiger partial charge in [0.1, 0.15) is 5.75 Å². The Morgan fingerprint density at radius 2 is 1.74 bits per heavy atom. The number of benzene rings is 1. The Kier molecular flexibility index (Phi) is 5.10. The van der Waals surface area contributed by atoms with Crippen molar-refractivity contribution < 1.29 is 14.3 Å². The fourth-order valence-electron chi connectivity index (χ4n) is 1.31. The average Bonchev–Trinajstić information content (AvgIpc) is 2.32. The van der Waals surface area contributed by atoms with Crippen LogP contribution in [-0.4, -0.2) is 11.9 Å². The smallest absolute Gasteiger partial charge is 0.313 e. The van der Waals surface area contributed by atoms with Crippen LogP contribution in [0.4, 0.5) is 5.69 Å². The molecular weight excluding hydrogens is 242 g/mol. The Morgan fingerprint density at radius 3 is 2.26 bits per heavy atom. The van der Waals surface area contributed by atoms with Gasteiger partial charge in [0.05, 0.1) is 5.92 Å². The highest BCUT2D eigenvalue weighted by Gasteiger charge is 2.13. The molecule has 0 spiro atoms. The number of hydrogen-bond acceptors (Lipinski definition) is 3. The van der Waals surface area contributed by atoms with Gasteiger partial charge in [0, 0.05) is 17.7 Å². The van der Waals surface area contributed by atoms with Crippen molar-refractivity contribution in [2.45, 2.75) is 34.6 Å². The van der Waals surface area contributed by atoms with Gasteiger partial charge in [0.2, 0.25) is 5.91 Å². The number of rotatable bonds is 4. The van der Waals surface area contributed by atoms with Gasteiger partial charge in [-0.25, -0.2) is 0 Å². The lowest BCUT2D eigenvalue weighted by Crippen LogP contribution is -2.19. The Bertz CT molecular complexity index is 478. The zero-order valence-electron chi connectivity index (χ0n) is 12.1. The second-order valence-electron chi connectivity index (χ2n) is 5.20. The van der Waals surface area contributed by atoms with E-state index in [1.807, 2.05) is 26.8 Å². The number of carbonyl (C=O) groups is 2. The molecule has 0 bridgehead atoms. The molecule has 1 N–H and O–H groups in total. The van der Waals surface area contributed by atoms with Crippen molar-refractivity contribution in [1.29, 1.82) is 0 Å². The lowest BCUT2D eigenvalue weighted by molar-refractivity contribution is -0.137. The summed E-state index contributed by atoms with van der Waals surface area (Å²) in [4.78, 5) is 23.2. The second-order valence-corrected chi connectivity index (χ2v) is 5.20. The minimum Gasteiger partial charge on any atom is -0.426 e. The molecule has 0 atom stereocenters. The van der Waals surface area contributed by atoms with E-state index in [0.717, 1.165) is 5.56 Å². The molecule has 104 valence electrons. The van der Waals surface area contributed by atoms with E-state index >= 15 is 0 Å². The van der Waals surface area contributed by atoms with Crippen molar-refractivity contribution in [3.63, 3.8) is 0 Å². The van der Waals surface area contributed by atoms with Gasteiger partial charge >= 0.3 is 5.97 Å². The molecule has 0 saturated carbocycles. The van der Waals surface area contributed by atoms with Crippen molar-refractivity contribution in [3.05, 3.63) is 23.8 Å². The average molecular weight is 263 g/mol. The van der Waals surface area contributed by atoms with Crippen LogP contribution in [0.15, 0.2) is 18.2 Å². The summed E-state index contributed by atoms with van der Waals surface area (Å²) in [5.74, 6) is -0.180. The molecule has 0 aliphatic carbocycles. The summed E-state index contributed by atoms with van der Waals surface area (Å²) in [7, 11) is 0. The minimum atomic E-state index is -0.287. The highest BCUT2D eigenvalue weighted by atomic mass is 16.5. The van der Waals surface area contributed by atoms with Crippen LogP contribution < -0.4 is 10.1 Å². The highest BCUT2D eigenvalue weighted by molar-refractivity contribution is 5.93. The largest absolute Gasteiger partial charge is 0.426 e. The first-order valence-corrected chi connectivity index (χ1v) is 6.44. The number of ether oxygens (including phenoxy) is 1. The van der Waals surface area contributed by atoms with Crippen LogP contribution in [-0.2, 0) is 9.59 Å². The van der Waals surface area contributed by atoms with Crippen LogP contribution in [0.5, 0.6) is 5.75 Å². The number of carbonyl (C=O) groups excluding carboxylic acids is 2. The predicted octanol–water partition coefficient (Wildman–Crippen LogP) is 3.15. The summed E-state index contributed by atoms with van der Waals surface area (Å²) >= 11 is 0. The standard InChI is InChI=1S/C15H21NO3/c1-9(2)14(17)16-13-8-12(7-6-11(13)5)19-15(18)10(3)4/h6-10H,1-5H3,(H,16,17). The molecule has 0 aliphatic rings. The van der Waals surface area contributed by atoms with Crippen molar-refractivity contribution >= 4 is 17.6 Å². The zero-order chi connectivity index (χ0) is 14.6. The number of anilines is 1. The van der Waals surface area contributed by atoms with E-state index in [1.54, 1.807) is 26.0 Å². The first kappa shape index (κ1) is 15.2. The summed E-state index contributed by atoms with van der Waals surface area (Å²) in [5, 5.41) is 2.82. The van der Waals surface area contributed by atoms with Gasteiger partial charge in [-0.2, -0.15) is 0 Å². The third-order valence-electron chi connectivity index (χ3n) is 2.68. The normalized spacial score (nSPS) is 10.7. The van der Waals surface area contributed by atoms with Gasteiger partial charge in [-0.15, -0.1) is 0 Å². The monoisotopic (exact) mass is 263 g/mol. The first-order valence-electron chi connectivity index (χ1n) is 6.44. The summed E-state index contributed by atoms with van der Waals surface area (Å²) in [6, 6.07) is 5.22. The predicted molar refractivity (Wildman–Crippen MR) is 75.1 cm³/mol. The molecule has 4 nitrogen and oxygen atoms in total. The molecule has 0 unspecified atom stereocenters. The molecule has 0 aromatic heterocycles. The Balaban J connectivity index is 2.88. The van der Waals surface area contributed by atoms with E-state index in [4.69, 9.17) is 4.74 Å². The van der Waals surface area contributed by atoms with Crippen molar-refractivity contribution in [2.75, 3.05) is 5.32 Å². The van der Waals surface area contributed by atoms with E-state index in [-0.39, 0.29) is 23.7 Å². The summed E-state index contributed by atoms with van der Waals surface area (Å²) in [6.07, 6.45) is 0. The van der Waals surface area contributed by atoms with E-state index in [1.165, 1.54) is 0 Å². The minimum absolute atomic E-state index is 0.0598. The molecule has 0 fully saturated rings. The maximum Gasteiger partial charge on any atom is 0.313 e. The van der Waals surface area contributed by atoms with E-state index < -0.39 is 0 Å². The zero-order valence-corrected chi connectivity index (χ0v) is 12.1. The fraction of sp³-hybridized carbons (Fsp3) is 0.467.